The van der Waals surface area contributed by atoms with Crippen molar-refractivity contribution in [2.45, 2.75) is 32.7 Å². The summed E-state index contributed by atoms with van der Waals surface area (Å²) < 4.78 is 26.9. The van der Waals surface area contributed by atoms with E-state index in [-0.39, 0.29) is 25.6 Å². The zero-order chi connectivity index (χ0) is 32.1. The Morgan fingerprint density at radius 1 is 0.705 bits per heavy atom. The maximum atomic E-state index is 12.4. The number of para-hydroxylation sites is 4. The van der Waals surface area contributed by atoms with Gasteiger partial charge in [0.1, 0.15) is 0 Å². The molecular formula is C28H32N4O12. The van der Waals surface area contributed by atoms with Gasteiger partial charge in [-0.2, -0.15) is 0 Å². The van der Waals surface area contributed by atoms with Crippen LogP contribution in [-0.4, -0.2) is 75.4 Å². The van der Waals surface area contributed by atoms with Crippen LogP contribution in [0.5, 0.6) is 5.88 Å². The molecule has 0 saturated heterocycles. The molecule has 44 heavy (non-hydrogen) atoms. The molecule has 0 bridgehead atoms. The third-order valence-corrected chi connectivity index (χ3v) is 6.06. The number of aromatic nitrogens is 4. The zero-order valence-electron chi connectivity index (χ0n) is 24.0. The predicted molar refractivity (Wildman–Crippen MR) is 154 cm³/mol. The second kappa shape index (κ2) is 16.4. The van der Waals surface area contributed by atoms with Gasteiger partial charge in [0.05, 0.1) is 36.3 Å². The minimum Gasteiger partial charge on any atom is -0.438 e. The van der Waals surface area contributed by atoms with E-state index < -0.39 is 42.5 Å². The van der Waals surface area contributed by atoms with Gasteiger partial charge in [-0.05, 0) is 37.1 Å². The first-order valence-electron chi connectivity index (χ1n) is 13.2. The number of aliphatic hydroxyl groups excluding tert-OH is 2. The Kier molecular flexibility index (Phi) is 12.4. The molecule has 2 aromatic carbocycles. The highest BCUT2D eigenvalue weighted by Gasteiger charge is 2.15. The standard InChI is InChI=1S/2C14H16N2O6/c1-20-14(19)22-9-21-12-13(18)16(7-4-8-17)11-6-3-2-5-10(11)15-12;1-21-14(20)22-9-16-11-6-3-2-5-10(11)15(7-4-8-17)12(18)13(16)19/h2*2-3,5-6,17H,4,7-9H2,1H3. The maximum absolute atomic E-state index is 12.4. The van der Waals surface area contributed by atoms with Crippen LogP contribution < -0.4 is 21.4 Å². The lowest BCUT2D eigenvalue weighted by Crippen LogP contribution is -2.42. The molecule has 2 heterocycles. The molecule has 4 rings (SSSR count). The van der Waals surface area contributed by atoms with Gasteiger partial charge in [-0.15, -0.1) is 0 Å². The zero-order valence-corrected chi connectivity index (χ0v) is 24.0. The van der Waals surface area contributed by atoms with E-state index in [9.17, 15) is 24.0 Å². The number of hydrogen-bond acceptors (Lipinski definition) is 13. The van der Waals surface area contributed by atoms with Gasteiger partial charge in [-0.25, -0.2) is 14.6 Å². The predicted octanol–water partition coefficient (Wildman–Crippen LogP) is 1.18. The molecule has 0 amide bonds. The molecule has 16 nitrogen and oxygen atoms in total. The molecule has 0 aliphatic heterocycles. The molecule has 0 radical (unpaired) electrons. The lowest BCUT2D eigenvalue weighted by molar-refractivity contribution is 0.0125. The first-order valence-corrected chi connectivity index (χ1v) is 13.2. The summed E-state index contributed by atoms with van der Waals surface area (Å²) in [6.45, 7) is -0.467. The molecule has 0 aliphatic rings. The number of rotatable bonds is 11. The van der Waals surface area contributed by atoms with Crippen molar-refractivity contribution < 1.29 is 43.5 Å². The van der Waals surface area contributed by atoms with Gasteiger partial charge in [-0.3, -0.25) is 19.0 Å². The monoisotopic (exact) mass is 616 g/mol. The number of methoxy groups -OCH3 is 2. The number of aryl methyl sites for hydroxylation is 2. The van der Waals surface area contributed by atoms with Crippen molar-refractivity contribution in [1.29, 1.82) is 0 Å². The molecule has 4 aromatic rings. The van der Waals surface area contributed by atoms with E-state index in [0.29, 0.717) is 41.5 Å². The number of carbonyl (C=O) groups excluding carboxylic acids is 2. The fourth-order valence-electron chi connectivity index (χ4n) is 4.03. The molecule has 0 atom stereocenters. The summed E-state index contributed by atoms with van der Waals surface area (Å²) in [6.07, 6.45) is -1.08. The second-order valence-corrected chi connectivity index (χ2v) is 8.78. The second-order valence-electron chi connectivity index (χ2n) is 8.78. The van der Waals surface area contributed by atoms with Crippen molar-refractivity contribution in [3.8, 4) is 5.88 Å². The number of nitrogens with zero attached hydrogens (tertiary/aromatic N) is 4. The molecule has 0 fully saturated rings. The van der Waals surface area contributed by atoms with Gasteiger partial charge < -0.3 is 43.0 Å². The summed E-state index contributed by atoms with van der Waals surface area (Å²) in [5.41, 5.74) is 0.181. The molecule has 236 valence electrons. The number of fused-ring (bicyclic) bond motifs is 2. The van der Waals surface area contributed by atoms with Crippen molar-refractivity contribution in [1.82, 2.24) is 18.7 Å². The van der Waals surface area contributed by atoms with Crippen LogP contribution in [0.2, 0.25) is 0 Å². The molecule has 0 saturated carbocycles. The summed E-state index contributed by atoms with van der Waals surface area (Å²) >= 11 is 0. The lowest BCUT2D eigenvalue weighted by Gasteiger charge is -2.14. The molecule has 0 aliphatic carbocycles. The molecule has 2 N–H and O–H groups in total. The lowest BCUT2D eigenvalue weighted by atomic mass is 10.2. The van der Waals surface area contributed by atoms with Crippen LogP contribution in [0.15, 0.2) is 62.9 Å². The smallest absolute Gasteiger partial charge is 0.438 e. The van der Waals surface area contributed by atoms with Crippen LogP contribution in [0.1, 0.15) is 12.8 Å². The van der Waals surface area contributed by atoms with Crippen molar-refractivity contribution in [3.63, 3.8) is 0 Å². The number of ether oxygens (including phenoxy) is 5. The molecule has 0 unspecified atom stereocenters. The highest BCUT2D eigenvalue weighted by molar-refractivity contribution is 5.75. The minimum atomic E-state index is -0.944. The van der Waals surface area contributed by atoms with Crippen LogP contribution in [-0.2, 0) is 38.8 Å². The number of hydrogen-bond donors (Lipinski definition) is 2. The quantitative estimate of drug-likeness (QED) is 0.138. The van der Waals surface area contributed by atoms with Crippen LogP contribution >= 0.6 is 0 Å². The molecule has 2 aromatic heterocycles. The largest absolute Gasteiger partial charge is 0.510 e. The Morgan fingerprint density at radius 2 is 1.20 bits per heavy atom. The Balaban J connectivity index is 0.000000240. The van der Waals surface area contributed by atoms with Crippen LogP contribution in [0.3, 0.4) is 0 Å². The van der Waals surface area contributed by atoms with E-state index in [1.165, 1.54) is 16.2 Å². The van der Waals surface area contributed by atoms with Gasteiger partial charge in [0, 0.05) is 26.3 Å². The van der Waals surface area contributed by atoms with Crippen molar-refractivity contribution in [2.75, 3.05) is 34.2 Å². The Hall–Kier alpha value is -5.22. The summed E-state index contributed by atoms with van der Waals surface area (Å²) in [5, 5.41) is 17.9. The normalized spacial score (nSPS) is 10.5. The van der Waals surface area contributed by atoms with Crippen molar-refractivity contribution >= 4 is 34.4 Å². The first kappa shape index (κ1) is 33.3. The van der Waals surface area contributed by atoms with E-state index in [1.807, 2.05) is 0 Å². The molecule has 0 spiro atoms. The Labute approximate surface area is 249 Å². The highest BCUT2D eigenvalue weighted by atomic mass is 16.8. The van der Waals surface area contributed by atoms with Gasteiger partial charge in [0.2, 0.25) is 6.79 Å². The third-order valence-electron chi connectivity index (χ3n) is 6.06. The van der Waals surface area contributed by atoms with E-state index in [0.717, 1.165) is 11.7 Å². The number of aliphatic hydroxyl groups is 2. The fourth-order valence-corrected chi connectivity index (χ4v) is 4.03. The average molecular weight is 617 g/mol. The van der Waals surface area contributed by atoms with Crippen LogP contribution in [0, 0.1) is 0 Å². The summed E-state index contributed by atoms with van der Waals surface area (Å²) in [7, 11) is 2.31. The Bertz CT molecular complexity index is 1760. The summed E-state index contributed by atoms with van der Waals surface area (Å²) in [6, 6.07) is 13.8. The summed E-state index contributed by atoms with van der Waals surface area (Å²) in [4.78, 5) is 62.8. The number of benzene rings is 2. The van der Waals surface area contributed by atoms with Gasteiger partial charge in [0.15, 0.2) is 6.73 Å². The van der Waals surface area contributed by atoms with Gasteiger partial charge >= 0.3 is 29.0 Å². The van der Waals surface area contributed by atoms with E-state index in [4.69, 9.17) is 19.7 Å². The average Bonchev–Trinajstić information content (AvgIpc) is 3.04. The highest BCUT2D eigenvalue weighted by Crippen LogP contribution is 2.14. The third kappa shape index (κ3) is 8.20. The topological polar surface area (TPSA) is 200 Å². The van der Waals surface area contributed by atoms with E-state index in [2.05, 4.69) is 19.2 Å². The SMILES string of the molecule is COC(=O)OCOc1nc2ccccc2n(CCCO)c1=O.COC(=O)OCn1c(=O)c(=O)n(CCCO)c2ccccc21. The minimum absolute atomic E-state index is 0.0370. The molecular weight excluding hydrogens is 584 g/mol. The van der Waals surface area contributed by atoms with Crippen LogP contribution in [0.4, 0.5) is 9.59 Å². The van der Waals surface area contributed by atoms with Gasteiger partial charge in [0.25, 0.3) is 5.88 Å². The maximum Gasteiger partial charge on any atom is 0.510 e. The van der Waals surface area contributed by atoms with E-state index >= 15 is 0 Å². The van der Waals surface area contributed by atoms with Crippen molar-refractivity contribution in [2.24, 2.45) is 0 Å². The first-order chi connectivity index (χ1) is 21.3. The van der Waals surface area contributed by atoms with Gasteiger partial charge in [-0.1, -0.05) is 24.3 Å². The van der Waals surface area contributed by atoms with Crippen molar-refractivity contribution in [3.05, 3.63) is 79.6 Å². The molecule has 16 heteroatoms. The Morgan fingerprint density at radius 3 is 1.80 bits per heavy atom. The van der Waals surface area contributed by atoms with Crippen LogP contribution in [0.25, 0.3) is 22.1 Å². The summed E-state index contributed by atoms with van der Waals surface area (Å²) in [5.74, 6) is -0.180. The van der Waals surface area contributed by atoms with E-state index in [1.54, 1.807) is 48.5 Å². The fraction of sp³-hybridized carbons (Fsp3) is 0.357. The number of carbonyl (C=O) groups is 2.